The minimum atomic E-state index is 0.348. The molecule has 3 heteroatoms. The van der Waals surface area contributed by atoms with Crippen molar-refractivity contribution < 1.29 is 0 Å². The molecule has 1 atom stereocenters. The highest BCUT2D eigenvalue weighted by molar-refractivity contribution is 5.15. The van der Waals surface area contributed by atoms with Gasteiger partial charge in [-0.25, -0.2) is 0 Å². The molecule has 1 heterocycles. The molecule has 2 N–H and O–H groups in total. The van der Waals surface area contributed by atoms with Gasteiger partial charge in [-0.1, -0.05) is 13.0 Å². The maximum absolute atomic E-state index is 5.93. The highest BCUT2D eigenvalue weighted by atomic mass is 15.2. The Morgan fingerprint density at radius 1 is 1.56 bits per heavy atom. The summed E-state index contributed by atoms with van der Waals surface area (Å²) in [7, 11) is 0. The predicted molar refractivity (Wildman–Crippen MR) is 66.1 cm³/mol. The Morgan fingerprint density at radius 2 is 2.38 bits per heavy atom. The van der Waals surface area contributed by atoms with Gasteiger partial charge in [-0.3, -0.25) is 9.88 Å². The van der Waals surface area contributed by atoms with Crippen molar-refractivity contribution in [3.05, 3.63) is 30.1 Å². The van der Waals surface area contributed by atoms with Gasteiger partial charge in [0.05, 0.1) is 0 Å². The van der Waals surface area contributed by atoms with Crippen molar-refractivity contribution >= 4 is 0 Å². The van der Waals surface area contributed by atoms with E-state index in [0.717, 1.165) is 12.6 Å². The van der Waals surface area contributed by atoms with E-state index >= 15 is 0 Å². The molecule has 1 saturated carbocycles. The molecule has 0 saturated heterocycles. The first-order valence-corrected chi connectivity index (χ1v) is 6.22. The third-order valence-electron chi connectivity index (χ3n) is 3.19. The average molecular weight is 219 g/mol. The number of aromatic nitrogens is 1. The summed E-state index contributed by atoms with van der Waals surface area (Å²) in [6.45, 7) is 4.05. The summed E-state index contributed by atoms with van der Waals surface area (Å²) in [4.78, 5) is 6.75. The zero-order chi connectivity index (χ0) is 11.4. The average Bonchev–Trinajstić information content (AvgIpc) is 3.14. The fraction of sp³-hybridized carbons (Fsp3) is 0.615. The fourth-order valence-corrected chi connectivity index (χ4v) is 2.29. The second-order valence-electron chi connectivity index (χ2n) is 4.51. The van der Waals surface area contributed by atoms with Gasteiger partial charge < -0.3 is 5.73 Å². The van der Waals surface area contributed by atoms with E-state index in [0.29, 0.717) is 12.6 Å². The van der Waals surface area contributed by atoms with Crippen molar-refractivity contribution in [2.75, 3.05) is 13.1 Å². The van der Waals surface area contributed by atoms with Gasteiger partial charge in [0.2, 0.25) is 0 Å². The van der Waals surface area contributed by atoms with Crippen LogP contribution in [0.2, 0.25) is 0 Å². The van der Waals surface area contributed by atoms with Crippen molar-refractivity contribution in [2.45, 2.75) is 38.3 Å². The van der Waals surface area contributed by atoms with Gasteiger partial charge in [-0.15, -0.1) is 0 Å². The molecule has 0 aromatic carbocycles. The van der Waals surface area contributed by atoms with Crippen LogP contribution in [-0.4, -0.2) is 29.0 Å². The van der Waals surface area contributed by atoms with Gasteiger partial charge in [0.1, 0.15) is 0 Å². The quantitative estimate of drug-likeness (QED) is 0.795. The van der Waals surface area contributed by atoms with Crippen LogP contribution >= 0.6 is 0 Å². The Labute approximate surface area is 97.7 Å². The normalized spacial score (nSPS) is 17.7. The summed E-state index contributed by atoms with van der Waals surface area (Å²) in [5.41, 5.74) is 7.19. The van der Waals surface area contributed by atoms with Gasteiger partial charge in [-0.2, -0.15) is 0 Å². The van der Waals surface area contributed by atoms with Crippen LogP contribution in [0.25, 0.3) is 0 Å². The van der Waals surface area contributed by atoms with Crippen molar-refractivity contribution in [1.82, 2.24) is 9.88 Å². The van der Waals surface area contributed by atoms with Crippen molar-refractivity contribution in [2.24, 2.45) is 5.73 Å². The molecule has 16 heavy (non-hydrogen) atoms. The first-order valence-electron chi connectivity index (χ1n) is 6.22. The molecule has 0 bridgehead atoms. The van der Waals surface area contributed by atoms with Crippen LogP contribution in [0.1, 0.15) is 37.8 Å². The van der Waals surface area contributed by atoms with Crippen LogP contribution in [0.3, 0.4) is 0 Å². The van der Waals surface area contributed by atoms with Crippen LogP contribution < -0.4 is 5.73 Å². The molecule has 0 aliphatic heterocycles. The lowest BCUT2D eigenvalue weighted by Crippen LogP contribution is -2.36. The van der Waals surface area contributed by atoms with Crippen LogP contribution in [0.5, 0.6) is 0 Å². The van der Waals surface area contributed by atoms with Crippen LogP contribution in [0, 0.1) is 0 Å². The van der Waals surface area contributed by atoms with Crippen LogP contribution in [0.4, 0.5) is 0 Å². The Hall–Kier alpha value is -0.930. The van der Waals surface area contributed by atoms with E-state index < -0.39 is 0 Å². The second-order valence-corrected chi connectivity index (χ2v) is 4.51. The minimum Gasteiger partial charge on any atom is -0.329 e. The molecule has 0 radical (unpaired) electrons. The Balaban J connectivity index is 2.13. The third kappa shape index (κ3) is 2.60. The molecule has 3 nitrogen and oxygen atoms in total. The molecule has 0 amide bonds. The summed E-state index contributed by atoms with van der Waals surface area (Å²) in [5.74, 6) is 0. The fourth-order valence-electron chi connectivity index (χ4n) is 2.29. The monoisotopic (exact) mass is 219 g/mol. The van der Waals surface area contributed by atoms with Crippen molar-refractivity contribution in [3.63, 3.8) is 0 Å². The zero-order valence-electron chi connectivity index (χ0n) is 9.97. The summed E-state index contributed by atoms with van der Waals surface area (Å²) in [6, 6.07) is 5.24. The summed E-state index contributed by atoms with van der Waals surface area (Å²) >= 11 is 0. The second kappa shape index (κ2) is 5.41. The van der Waals surface area contributed by atoms with Gasteiger partial charge in [0.25, 0.3) is 0 Å². The van der Waals surface area contributed by atoms with E-state index in [1.807, 2.05) is 18.5 Å². The third-order valence-corrected chi connectivity index (χ3v) is 3.19. The lowest BCUT2D eigenvalue weighted by atomic mass is 10.1. The number of rotatable bonds is 6. The summed E-state index contributed by atoms with van der Waals surface area (Å²) in [6.07, 6.45) is 7.61. The number of nitrogens with two attached hydrogens (primary N) is 1. The Morgan fingerprint density at radius 3 is 2.88 bits per heavy atom. The van der Waals surface area contributed by atoms with E-state index in [1.54, 1.807) is 0 Å². The summed E-state index contributed by atoms with van der Waals surface area (Å²) in [5, 5.41) is 0. The lowest BCUT2D eigenvalue weighted by Gasteiger charge is -2.30. The van der Waals surface area contributed by atoms with E-state index in [9.17, 15) is 0 Å². The lowest BCUT2D eigenvalue weighted by molar-refractivity contribution is 0.191. The number of hydrogen-bond donors (Lipinski definition) is 1. The van der Waals surface area contributed by atoms with Crippen molar-refractivity contribution in [3.8, 4) is 0 Å². The number of pyridine rings is 1. The Bertz CT molecular complexity index is 308. The molecule has 0 spiro atoms. The van der Waals surface area contributed by atoms with Gasteiger partial charge >= 0.3 is 0 Å². The highest BCUT2D eigenvalue weighted by Gasteiger charge is 2.33. The zero-order valence-corrected chi connectivity index (χ0v) is 9.97. The molecule has 1 unspecified atom stereocenters. The van der Waals surface area contributed by atoms with E-state index in [2.05, 4.69) is 22.9 Å². The Kier molecular flexibility index (Phi) is 3.91. The van der Waals surface area contributed by atoms with E-state index in [-0.39, 0.29) is 0 Å². The van der Waals surface area contributed by atoms with Gasteiger partial charge in [-0.05, 0) is 37.4 Å². The van der Waals surface area contributed by atoms with Gasteiger partial charge in [0, 0.05) is 31.0 Å². The maximum Gasteiger partial charge on any atom is 0.0488 e. The van der Waals surface area contributed by atoms with Crippen LogP contribution in [0.15, 0.2) is 24.5 Å². The maximum atomic E-state index is 5.93. The minimum absolute atomic E-state index is 0.348. The molecule has 1 aromatic rings. The smallest absolute Gasteiger partial charge is 0.0488 e. The summed E-state index contributed by atoms with van der Waals surface area (Å²) < 4.78 is 0. The van der Waals surface area contributed by atoms with E-state index in [4.69, 9.17) is 5.73 Å². The molecular formula is C13H21N3. The standard InChI is InChI=1S/C13H21N3/c1-2-8-16(12-5-6-12)13(9-14)11-4-3-7-15-10-11/h3-4,7,10,12-13H,2,5-6,8-9,14H2,1H3. The first-order chi connectivity index (χ1) is 7.86. The molecule has 88 valence electrons. The SMILES string of the molecule is CCCN(C1CC1)C(CN)c1cccnc1. The highest BCUT2D eigenvalue weighted by Crippen LogP contribution is 2.33. The van der Waals surface area contributed by atoms with E-state index in [1.165, 1.54) is 24.8 Å². The molecule has 1 aliphatic carbocycles. The van der Waals surface area contributed by atoms with Crippen molar-refractivity contribution in [1.29, 1.82) is 0 Å². The molecule has 1 aliphatic rings. The van der Waals surface area contributed by atoms with Gasteiger partial charge in [0.15, 0.2) is 0 Å². The number of nitrogens with zero attached hydrogens (tertiary/aromatic N) is 2. The molecule has 2 rings (SSSR count). The van der Waals surface area contributed by atoms with Crippen LogP contribution in [-0.2, 0) is 0 Å². The largest absolute Gasteiger partial charge is 0.329 e. The molecular weight excluding hydrogens is 198 g/mol. The first kappa shape index (κ1) is 11.6. The molecule has 1 fully saturated rings. The topological polar surface area (TPSA) is 42.1 Å². The predicted octanol–water partition coefficient (Wildman–Crippen LogP) is 1.96. The molecule has 1 aromatic heterocycles. The number of hydrogen-bond acceptors (Lipinski definition) is 3.